The van der Waals surface area contributed by atoms with Gasteiger partial charge in [0.1, 0.15) is 0 Å². The van der Waals surface area contributed by atoms with Crippen molar-refractivity contribution in [1.82, 2.24) is 10.2 Å². The second-order valence-corrected chi connectivity index (χ2v) is 4.91. The summed E-state index contributed by atoms with van der Waals surface area (Å²) >= 11 is 0. The smallest absolute Gasteiger partial charge is 0.324 e. The fourth-order valence-corrected chi connectivity index (χ4v) is 1.80. The largest absolute Gasteiger partial charge is 0.336 e. The van der Waals surface area contributed by atoms with Crippen molar-refractivity contribution in [2.45, 2.75) is 13.8 Å². The van der Waals surface area contributed by atoms with Crippen LogP contribution in [0.5, 0.6) is 0 Å². The minimum atomic E-state index is -0.368. The molecule has 1 aromatic rings. The van der Waals surface area contributed by atoms with E-state index in [9.17, 15) is 14.4 Å². The standard InChI is InChI=1S/C14H17N3O3/c1-9(2)12(18)16-11-5-3-10(4-6-11)13(19)17-8-7-15-14(17)20/h3-6,9H,7-8H2,1-2H3,(H,15,20)(H,16,18). The molecule has 6 heteroatoms. The van der Waals surface area contributed by atoms with Crippen molar-refractivity contribution in [3.63, 3.8) is 0 Å². The summed E-state index contributed by atoms with van der Waals surface area (Å²) in [5.41, 5.74) is 1.05. The Hall–Kier alpha value is -2.37. The maximum Gasteiger partial charge on any atom is 0.324 e. The number of nitrogens with zero attached hydrogens (tertiary/aromatic N) is 1. The third-order valence-corrected chi connectivity index (χ3v) is 3.03. The van der Waals surface area contributed by atoms with Crippen LogP contribution >= 0.6 is 0 Å². The van der Waals surface area contributed by atoms with E-state index in [1.807, 2.05) is 0 Å². The maximum atomic E-state index is 12.1. The van der Waals surface area contributed by atoms with Crippen LogP contribution in [0.15, 0.2) is 24.3 Å². The van der Waals surface area contributed by atoms with Crippen LogP contribution in [0.4, 0.5) is 10.5 Å². The molecule has 6 nitrogen and oxygen atoms in total. The normalized spacial score (nSPS) is 14.3. The number of rotatable bonds is 3. The van der Waals surface area contributed by atoms with Gasteiger partial charge >= 0.3 is 6.03 Å². The summed E-state index contributed by atoms with van der Waals surface area (Å²) < 4.78 is 0. The average molecular weight is 275 g/mol. The highest BCUT2D eigenvalue weighted by molar-refractivity contribution is 6.05. The third kappa shape index (κ3) is 2.96. The number of amides is 4. The molecular formula is C14H17N3O3. The fourth-order valence-electron chi connectivity index (χ4n) is 1.80. The third-order valence-electron chi connectivity index (χ3n) is 3.03. The predicted molar refractivity (Wildman–Crippen MR) is 74.3 cm³/mol. The topological polar surface area (TPSA) is 78.5 Å². The zero-order valence-corrected chi connectivity index (χ0v) is 11.5. The van der Waals surface area contributed by atoms with E-state index in [1.165, 1.54) is 4.90 Å². The molecular weight excluding hydrogens is 258 g/mol. The molecule has 1 aliphatic rings. The molecule has 2 N–H and O–H groups in total. The molecule has 106 valence electrons. The molecule has 0 unspecified atom stereocenters. The van der Waals surface area contributed by atoms with E-state index >= 15 is 0 Å². The Bertz CT molecular complexity index is 537. The average Bonchev–Trinajstić information content (AvgIpc) is 2.85. The van der Waals surface area contributed by atoms with E-state index in [1.54, 1.807) is 38.1 Å². The number of anilines is 1. The first-order valence-corrected chi connectivity index (χ1v) is 6.49. The number of nitrogens with one attached hydrogen (secondary N) is 2. The van der Waals surface area contributed by atoms with E-state index in [0.29, 0.717) is 24.3 Å². The summed E-state index contributed by atoms with van der Waals surface area (Å²) in [7, 11) is 0. The first-order valence-electron chi connectivity index (χ1n) is 6.49. The molecule has 0 radical (unpaired) electrons. The quantitative estimate of drug-likeness (QED) is 0.876. The first-order chi connectivity index (χ1) is 9.49. The van der Waals surface area contributed by atoms with E-state index in [-0.39, 0.29) is 23.8 Å². The summed E-state index contributed by atoms with van der Waals surface area (Å²) in [4.78, 5) is 36.2. The van der Waals surface area contributed by atoms with Crippen LogP contribution < -0.4 is 10.6 Å². The molecule has 1 aliphatic heterocycles. The van der Waals surface area contributed by atoms with Crippen LogP contribution in [0.2, 0.25) is 0 Å². The summed E-state index contributed by atoms with van der Waals surface area (Å²) in [6.45, 7) is 4.47. The van der Waals surface area contributed by atoms with Crippen LogP contribution in [0.25, 0.3) is 0 Å². The molecule has 4 amide bonds. The SMILES string of the molecule is CC(C)C(=O)Nc1ccc(C(=O)N2CCNC2=O)cc1. The molecule has 1 heterocycles. The number of imide groups is 1. The van der Waals surface area contributed by atoms with Crippen molar-refractivity contribution in [2.75, 3.05) is 18.4 Å². The van der Waals surface area contributed by atoms with Crippen LogP contribution in [0, 0.1) is 5.92 Å². The van der Waals surface area contributed by atoms with E-state index in [4.69, 9.17) is 0 Å². The Kier molecular flexibility index (Phi) is 4.02. The Labute approximate surface area is 117 Å². The predicted octanol–water partition coefficient (Wildman–Crippen LogP) is 1.45. The number of carbonyl (C=O) groups excluding carboxylic acids is 3. The van der Waals surface area contributed by atoms with E-state index in [2.05, 4.69) is 10.6 Å². The Balaban J connectivity index is 2.06. The van der Waals surface area contributed by atoms with Gasteiger partial charge in [-0.15, -0.1) is 0 Å². The Morgan fingerprint density at radius 1 is 1.25 bits per heavy atom. The van der Waals surface area contributed by atoms with E-state index in [0.717, 1.165) is 0 Å². The molecule has 0 saturated carbocycles. The van der Waals surface area contributed by atoms with Crippen molar-refractivity contribution in [1.29, 1.82) is 0 Å². The van der Waals surface area contributed by atoms with Gasteiger partial charge in [0, 0.05) is 30.3 Å². The number of hydrogen-bond donors (Lipinski definition) is 2. The molecule has 0 spiro atoms. The lowest BCUT2D eigenvalue weighted by atomic mass is 10.1. The number of benzene rings is 1. The lowest BCUT2D eigenvalue weighted by Gasteiger charge is -2.13. The van der Waals surface area contributed by atoms with Crippen LogP contribution in [0.3, 0.4) is 0 Å². The van der Waals surface area contributed by atoms with Gasteiger partial charge < -0.3 is 10.6 Å². The highest BCUT2D eigenvalue weighted by Gasteiger charge is 2.26. The van der Waals surface area contributed by atoms with Gasteiger partial charge in [-0.1, -0.05) is 13.8 Å². The van der Waals surface area contributed by atoms with Gasteiger partial charge in [0.15, 0.2) is 0 Å². The Morgan fingerprint density at radius 2 is 1.90 bits per heavy atom. The molecule has 0 bridgehead atoms. The lowest BCUT2D eigenvalue weighted by molar-refractivity contribution is -0.118. The zero-order chi connectivity index (χ0) is 14.7. The molecule has 0 aliphatic carbocycles. The minimum Gasteiger partial charge on any atom is -0.336 e. The molecule has 1 saturated heterocycles. The Morgan fingerprint density at radius 3 is 2.40 bits per heavy atom. The number of hydrogen-bond acceptors (Lipinski definition) is 3. The first kappa shape index (κ1) is 14.0. The highest BCUT2D eigenvalue weighted by atomic mass is 16.2. The van der Waals surface area contributed by atoms with Gasteiger partial charge in [-0.3, -0.25) is 14.5 Å². The van der Waals surface area contributed by atoms with Gasteiger partial charge in [0.05, 0.1) is 0 Å². The zero-order valence-electron chi connectivity index (χ0n) is 11.5. The van der Waals surface area contributed by atoms with Gasteiger partial charge in [-0.2, -0.15) is 0 Å². The van der Waals surface area contributed by atoms with Gasteiger partial charge in [-0.05, 0) is 24.3 Å². The van der Waals surface area contributed by atoms with E-state index < -0.39 is 0 Å². The summed E-state index contributed by atoms with van der Waals surface area (Å²) in [5, 5.41) is 5.32. The lowest BCUT2D eigenvalue weighted by Crippen LogP contribution is -2.34. The molecule has 2 rings (SSSR count). The fraction of sp³-hybridized carbons (Fsp3) is 0.357. The second-order valence-electron chi connectivity index (χ2n) is 4.91. The van der Waals surface area contributed by atoms with Crippen molar-refractivity contribution in [2.24, 2.45) is 5.92 Å². The molecule has 20 heavy (non-hydrogen) atoms. The highest BCUT2D eigenvalue weighted by Crippen LogP contribution is 2.13. The molecule has 1 fully saturated rings. The second kappa shape index (κ2) is 5.73. The van der Waals surface area contributed by atoms with Gasteiger partial charge in [-0.25, -0.2) is 4.79 Å². The number of carbonyl (C=O) groups is 3. The van der Waals surface area contributed by atoms with Crippen molar-refractivity contribution < 1.29 is 14.4 Å². The van der Waals surface area contributed by atoms with Crippen molar-refractivity contribution in [3.8, 4) is 0 Å². The molecule has 0 aromatic heterocycles. The summed E-state index contributed by atoms with van der Waals surface area (Å²) in [6.07, 6.45) is 0. The molecule has 1 aromatic carbocycles. The van der Waals surface area contributed by atoms with Crippen LogP contribution in [-0.2, 0) is 4.79 Å². The van der Waals surface area contributed by atoms with Gasteiger partial charge in [0.2, 0.25) is 5.91 Å². The number of urea groups is 1. The molecule has 0 atom stereocenters. The van der Waals surface area contributed by atoms with Crippen molar-refractivity contribution in [3.05, 3.63) is 29.8 Å². The van der Waals surface area contributed by atoms with Gasteiger partial charge in [0.25, 0.3) is 5.91 Å². The maximum absolute atomic E-state index is 12.1. The summed E-state index contributed by atoms with van der Waals surface area (Å²) in [5.74, 6) is -0.519. The van der Waals surface area contributed by atoms with Crippen LogP contribution in [0.1, 0.15) is 24.2 Å². The van der Waals surface area contributed by atoms with Crippen molar-refractivity contribution >= 4 is 23.5 Å². The van der Waals surface area contributed by atoms with Crippen LogP contribution in [-0.4, -0.2) is 35.8 Å². The minimum absolute atomic E-state index is 0.0806. The summed E-state index contributed by atoms with van der Waals surface area (Å²) in [6, 6.07) is 6.14. The monoisotopic (exact) mass is 275 g/mol.